The molecule has 0 unspecified atom stereocenters. The second kappa shape index (κ2) is 5.63. The fourth-order valence-corrected chi connectivity index (χ4v) is 2.29. The molecule has 1 aromatic carbocycles. The number of amides is 1. The number of para-hydroxylation sites is 1. The summed E-state index contributed by atoms with van der Waals surface area (Å²) in [5.74, 6) is 0.0692. The molecule has 0 aliphatic carbocycles. The lowest BCUT2D eigenvalue weighted by Gasteiger charge is -2.18. The van der Waals surface area contributed by atoms with Gasteiger partial charge in [0.1, 0.15) is 0 Å². The average molecular weight is 282 g/mol. The molecule has 0 aliphatic heterocycles. The van der Waals surface area contributed by atoms with Gasteiger partial charge in [-0.15, -0.1) is 0 Å². The van der Waals surface area contributed by atoms with E-state index in [1.165, 1.54) is 0 Å². The molecular formula is C14H16ClNO3. The predicted octanol–water partition coefficient (Wildman–Crippen LogP) is 2.85. The van der Waals surface area contributed by atoms with E-state index in [2.05, 4.69) is 0 Å². The van der Waals surface area contributed by atoms with E-state index in [0.29, 0.717) is 29.5 Å². The third-order valence-corrected chi connectivity index (χ3v) is 3.45. The SMILES string of the molecule is CCN(CCO)C(=O)c1oc2c(Cl)cccc2c1C. The van der Waals surface area contributed by atoms with Gasteiger partial charge in [-0.3, -0.25) is 4.79 Å². The summed E-state index contributed by atoms with van der Waals surface area (Å²) in [6, 6.07) is 5.43. The number of rotatable bonds is 4. The van der Waals surface area contributed by atoms with E-state index in [1.807, 2.05) is 26.0 Å². The Morgan fingerprint density at radius 3 is 2.79 bits per heavy atom. The van der Waals surface area contributed by atoms with Crippen LogP contribution in [0.25, 0.3) is 11.0 Å². The molecule has 102 valence electrons. The maximum atomic E-state index is 12.3. The first kappa shape index (κ1) is 13.9. The number of carbonyl (C=O) groups excluding carboxylic acids is 1. The van der Waals surface area contributed by atoms with Crippen LogP contribution < -0.4 is 0 Å². The molecule has 5 heteroatoms. The Labute approximate surface area is 116 Å². The van der Waals surface area contributed by atoms with Crippen LogP contribution in [0.15, 0.2) is 22.6 Å². The standard InChI is InChI=1S/C14H16ClNO3/c1-3-16(7-8-17)14(18)12-9(2)10-5-4-6-11(15)13(10)19-12/h4-6,17H,3,7-8H2,1-2H3. The lowest BCUT2D eigenvalue weighted by molar-refractivity contribution is 0.0701. The number of hydrogen-bond acceptors (Lipinski definition) is 3. The maximum absolute atomic E-state index is 12.3. The first-order valence-electron chi connectivity index (χ1n) is 6.17. The smallest absolute Gasteiger partial charge is 0.289 e. The molecule has 2 aromatic rings. The number of nitrogens with zero attached hydrogens (tertiary/aromatic N) is 1. The highest BCUT2D eigenvalue weighted by Crippen LogP contribution is 2.31. The number of carbonyl (C=O) groups is 1. The highest BCUT2D eigenvalue weighted by atomic mass is 35.5. The first-order chi connectivity index (χ1) is 9.10. The van der Waals surface area contributed by atoms with Crippen LogP contribution in [-0.2, 0) is 0 Å². The Balaban J connectivity index is 2.48. The molecule has 0 spiro atoms. The third kappa shape index (κ3) is 2.46. The Morgan fingerprint density at radius 2 is 2.21 bits per heavy atom. The number of aliphatic hydroxyl groups excluding tert-OH is 1. The van der Waals surface area contributed by atoms with E-state index in [4.69, 9.17) is 21.1 Å². The van der Waals surface area contributed by atoms with E-state index in [1.54, 1.807) is 11.0 Å². The van der Waals surface area contributed by atoms with Gasteiger partial charge in [-0.1, -0.05) is 23.7 Å². The quantitative estimate of drug-likeness (QED) is 0.937. The third-order valence-electron chi connectivity index (χ3n) is 3.15. The normalized spacial score (nSPS) is 10.9. The molecule has 0 saturated heterocycles. The van der Waals surface area contributed by atoms with Crippen molar-refractivity contribution in [3.05, 3.63) is 34.5 Å². The number of likely N-dealkylation sites (N-methyl/N-ethyl adjacent to an activating group) is 1. The van der Waals surface area contributed by atoms with E-state index < -0.39 is 0 Å². The molecule has 0 bridgehead atoms. The average Bonchev–Trinajstić information content (AvgIpc) is 2.74. The molecule has 1 heterocycles. The van der Waals surface area contributed by atoms with Gasteiger partial charge < -0.3 is 14.4 Å². The molecule has 1 N–H and O–H groups in total. The van der Waals surface area contributed by atoms with Crippen LogP contribution in [0.5, 0.6) is 0 Å². The monoisotopic (exact) mass is 281 g/mol. The second-order valence-electron chi connectivity index (χ2n) is 4.28. The van der Waals surface area contributed by atoms with Crippen LogP contribution in [0.1, 0.15) is 23.0 Å². The number of halogens is 1. The zero-order chi connectivity index (χ0) is 14.0. The van der Waals surface area contributed by atoms with Crippen LogP contribution in [0, 0.1) is 6.92 Å². The van der Waals surface area contributed by atoms with Gasteiger partial charge in [0, 0.05) is 24.0 Å². The number of furan rings is 1. The Hall–Kier alpha value is -1.52. The van der Waals surface area contributed by atoms with E-state index >= 15 is 0 Å². The fourth-order valence-electron chi connectivity index (χ4n) is 2.08. The van der Waals surface area contributed by atoms with Crippen molar-refractivity contribution in [1.82, 2.24) is 4.90 Å². The summed E-state index contributed by atoms with van der Waals surface area (Å²) in [7, 11) is 0. The molecule has 0 atom stereocenters. The predicted molar refractivity (Wildman–Crippen MR) is 74.6 cm³/mol. The molecule has 0 saturated carbocycles. The van der Waals surface area contributed by atoms with Gasteiger partial charge in [-0.25, -0.2) is 0 Å². The summed E-state index contributed by atoms with van der Waals surface area (Å²) in [4.78, 5) is 13.9. The molecule has 19 heavy (non-hydrogen) atoms. The maximum Gasteiger partial charge on any atom is 0.289 e. The van der Waals surface area contributed by atoms with Gasteiger partial charge in [-0.2, -0.15) is 0 Å². The van der Waals surface area contributed by atoms with Crippen LogP contribution in [0.3, 0.4) is 0 Å². The fraction of sp³-hybridized carbons (Fsp3) is 0.357. The molecule has 1 amide bonds. The Morgan fingerprint density at radius 1 is 1.47 bits per heavy atom. The molecule has 4 nitrogen and oxygen atoms in total. The van der Waals surface area contributed by atoms with Crippen molar-refractivity contribution in [1.29, 1.82) is 0 Å². The highest BCUT2D eigenvalue weighted by Gasteiger charge is 2.22. The number of aryl methyl sites for hydroxylation is 1. The lowest BCUT2D eigenvalue weighted by atomic mass is 10.1. The first-order valence-corrected chi connectivity index (χ1v) is 6.55. The van der Waals surface area contributed by atoms with Crippen molar-refractivity contribution in [2.24, 2.45) is 0 Å². The summed E-state index contributed by atoms with van der Waals surface area (Å²) in [5, 5.41) is 10.3. The minimum absolute atomic E-state index is 0.0698. The zero-order valence-corrected chi connectivity index (χ0v) is 11.7. The van der Waals surface area contributed by atoms with Crippen LogP contribution in [0.4, 0.5) is 0 Å². The van der Waals surface area contributed by atoms with Crippen molar-refractivity contribution in [3.63, 3.8) is 0 Å². The molecule has 2 rings (SSSR count). The van der Waals surface area contributed by atoms with Gasteiger partial charge in [0.2, 0.25) is 0 Å². The number of aliphatic hydroxyl groups is 1. The number of benzene rings is 1. The van der Waals surface area contributed by atoms with Crippen molar-refractivity contribution >= 4 is 28.5 Å². The van der Waals surface area contributed by atoms with Crippen molar-refractivity contribution < 1.29 is 14.3 Å². The summed E-state index contributed by atoms with van der Waals surface area (Å²) in [5.41, 5.74) is 1.31. The van der Waals surface area contributed by atoms with Gasteiger partial charge in [-0.05, 0) is 19.9 Å². The summed E-state index contributed by atoms with van der Waals surface area (Å²) in [6.45, 7) is 4.43. The van der Waals surface area contributed by atoms with Crippen LogP contribution >= 0.6 is 11.6 Å². The number of hydrogen-bond donors (Lipinski definition) is 1. The number of fused-ring (bicyclic) bond motifs is 1. The highest BCUT2D eigenvalue weighted by molar-refractivity contribution is 6.35. The largest absolute Gasteiger partial charge is 0.449 e. The van der Waals surface area contributed by atoms with Crippen molar-refractivity contribution in [2.45, 2.75) is 13.8 Å². The van der Waals surface area contributed by atoms with Gasteiger partial charge >= 0.3 is 0 Å². The summed E-state index contributed by atoms with van der Waals surface area (Å²) < 4.78 is 5.62. The minimum Gasteiger partial charge on any atom is -0.449 e. The van der Waals surface area contributed by atoms with E-state index in [0.717, 1.165) is 10.9 Å². The summed E-state index contributed by atoms with van der Waals surface area (Å²) >= 11 is 6.06. The molecule has 0 fully saturated rings. The van der Waals surface area contributed by atoms with Gasteiger partial charge in [0.05, 0.1) is 11.6 Å². The second-order valence-corrected chi connectivity index (χ2v) is 4.69. The van der Waals surface area contributed by atoms with E-state index in [9.17, 15) is 4.79 Å². The molecule has 1 aromatic heterocycles. The lowest BCUT2D eigenvalue weighted by Crippen LogP contribution is -2.33. The van der Waals surface area contributed by atoms with Crippen LogP contribution in [0.2, 0.25) is 5.02 Å². The minimum atomic E-state index is -0.221. The Kier molecular flexibility index (Phi) is 4.12. The van der Waals surface area contributed by atoms with Crippen molar-refractivity contribution in [3.8, 4) is 0 Å². The molecular weight excluding hydrogens is 266 g/mol. The van der Waals surface area contributed by atoms with Crippen LogP contribution in [-0.4, -0.2) is 35.6 Å². The van der Waals surface area contributed by atoms with Gasteiger partial charge in [0.25, 0.3) is 5.91 Å². The summed E-state index contributed by atoms with van der Waals surface area (Å²) in [6.07, 6.45) is 0. The zero-order valence-electron chi connectivity index (χ0n) is 10.9. The Bertz CT molecular complexity index is 606. The topological polar surface area (TPSA) is 53.7 Å². The molecule has 0 aliphatic rings. The van der Waals surface area contributed by atoms with Gasteiger partial charge in [0.15, 0.2) is 11.3 Å². The van der Waals surface area contributed by atoms with Crippen molar-refractivity contribution in [2.75, 3.05) is 19.7 Å². The molecule has 0 radical (unpaired) electrons. The van der Waals surface area contributed by atoms with E-state index in [-0.39, 0.29) is 12.5 Å².